The number of sulfonamides is 1. The van der Waals surface area contributed by atoms with E-state index in [0.717, 1.165) is 37.9 Å². The molecule has 1 aromatic carbocycles. The molecule has 0 radical (unpaired) electrons. The van der Waals surface area contributed by atoms with E-state index < -0.39 is 15.8 Å². The van der Waals surface area contributed by atoms with E-state index in [1.54, 1.807) is 0 Å². The second kappa shape index (κ2) is 8.45. The maximum absolute atomic E-state index is 13.0. The third kappa shape index (κ3) is 4.55. The maximum atomic E-state index is 13.0. The topological polar surface area (TPSA) is 49.4 Å². The Balaban J connectivity index is 0.00000242. The molecule has 0 amide bonds. The van der Waals surface area contributed by atoms with Crippen molar-refractivity contribution < 1.29 is 12.8 Å². The summed E-state index contributed by atoms with van der Waals surface area (Å²) < 4.78 is 39.6. The van der Waals surface area contributed by atoms with Crippen LogP contribution in [-0.4, -0.2) is 39.4 Å². The smallest absolute Gasteiger partial charge is 0.244 e. The fourth-order valence-electron chi connectivity index (χ4n) is 2.61. The van der Waals surface area contributed by atoms with E-state index in [4.69, 9.17) is 11.6 Å². The van der Waals surface area contributed by atoms with E-state index >= 15 is 0 Å². The summed E-state index contributed by atoms with van der Waals surface area (Å²) in [5.74, 6) is 0.0114. The quantitative estimate of drug-likeness (QED) is 0.866. The average molecular weight is 371 g/mol. The van der Waals surface area contributed by atoms with E-state index in [2.05, 4.69) is 5.32 Å². The number of halogens is 3. The van der Waals surface area contributed by atoms with E-state index in [0.29, 0.717) is 19.0 Å². The highest BCUT2D eigenvalue weighted by Gasteiger charge is 2.30. The molecule has 1 aromatic rings. The van der Waals surface area contributed by atoms with Crippen molar-refractivity contribution in [2.45, 2.75) is 24.2 Å². The molecule has 0 unspecified atom stereocenters. The minimum Gasteiger partial charge on any atom is -0.320 e. The molecule has 1 saturated heterocycles. The van der Waals surface area contributed by atoms with Crippen LogP contribution in [0.5, 0.6) is 0 Å². The molecule has 0 saturated carbocycles. The lowest BCUT2D eigenvalue weighted by molar-refractivity contribution is 0.263. The van der Waals surface area contributed by atoms with Gasteiger partial charge in [-0.25, -0.2) is 12.8 Å². The van der Waals surface area contributed by atoms with Crippen LogP contribution in [0.15, 0.2) is 23.1 Å². The van der Waals surface area contributed by atoms with Gasteiger partial charge in [-0.2, -0.15) is 4.31 Å². The Kier molecular flexibility index (Phi) is 7.55. The average Bonchev–Trinajstić information content (AvgIpc) is 2.45. The fraction of sp³-hybridized carbons (Fsp3) is 0.571. The zero-order chi connectivity index (χ0) is 15.5. The largest absolute Gasteiger partial charge is 0.320 e. The summed E-state index contributed by atoms with van der Waals surface area (Å²) in [6, 6.07) is 3.40. The fourth-order valence-corrected chi connectivity index (χ4v) is 4.59. The number of piperidine rings is 1. The van der Waals surface area contributed by atoms with E-state index in [1.807, 2.05) is 7.05 Å². The number of rotatable bonds is 5. The molecule has 1 aliphatic rings. The first kappa shape index (κ1) is 19.6. The molecule has 0 atom stereocenters. The molecule has 2 rings (SSSR count). The zero-order valence-corrected chi connectivity index (χ0v) is 14.8. The molecule has 1 heterocycles. The third-order valence-electron chi connectivity index (χ3n) is 3.89. The predicted octanol–water partition coefficient (Wildman–Crippen LogP) is 2.91. The van der Waals surface area contributed by atoms with Crippen LogP contribution < -0.4 is 5.32 Å². The molecule has 8 heteroatoms. The van der Waals surface area contributed by atoms with E-state index in [-0.39, 0.29) is 22.3 Å². The molecular weight excluding hydrogens is 350 g/mol. The highest BCUT2D eigenvalue weighted by atomic mass is 35.5. The molecule has 22 heavy (non-hydrogen) atoms. The summed E-state index contributed by atoms with van der Waals surface area (Å²) in [4.78, 5) is -0.0146. The van der Waals surface area contributed by atoms with Crippen LogP contribution in [0.25, 0.3) is 0 Å². The van der Waals surface area contributed by atoms with Gasteiger partial charge in [0.25, 0.3) is 0 Å². The van der Waals surface area contributed by atoms with Gasteiger partial charge in [-0.3, -0.25) is 0 Å². The molecule has 0 aromatic heterocycles. The first-order valence-corrected chi connectivity index (χ1v) is 8.86. The highest BCUT2D eigenvalue weighted by Crippen LogP contribution is 2.29. The SMILES string of the molecule is CNCCC1CCN(S(=O)(=O)c2ccc(F)cc2Cl)CC1.Cl. The minimum absolute atomic E-state index is 0. The van der Waals surface area contributed by atoms with Gasteiger partial charge in [-0.05, 0) is 57.0 Å². The van der Waals surface area contributed by atoms with Crippen molar-refractivity contribution in [1.82, 2.24) is 9.62 Å². The molecule has 0 aliphatic carbocycles. The van der Waals surface area contributed by atoms with Crippen LogP contribution in [0, 0.1) is 11.7 Å². The van der Waals surface area contributed by atoms with Crippen molar-refractivity contribution >= 4 is 34.0 Å². The van der Waals surface area contributed by atoms with Gasteiger partial charge in [0.05, 0.1) is 5.02 Å². The first-order chi connectivity index (χ1) is 9.95. The number of benzene rings is 1. The molecule has 0 spiro atoms. The summed E-state index contributed by atoms with van der Waals surface area (Å²) in [6.07, 6.45) is 2.75. The molecule has 0 bridgehead atoms. The zero-order valence-electron chi connectivity index (χ0n) is 12.4. The van der Waals surface area contributed by atoms with Crippen LogP contribution in [0.3, 0.4) is 0 Å². The standard InChI is InChI=1S/C14H20ClFN2O2S.ClH/c1-17-7-4-11-5-8-18(9-6-11)21(19,20)14-3-2-12(16)10-13(14)15;/h2-3,10-11,17H,4-9H2,1H3;1H. The summed E-state index contributed by atoms with van der Waals surface area (Å²) in [5.41, 5.74) is 0. The molecule has 1 fully saturated rings. The Morgan fingerprint density at radius 2 is 2.00 bits per heavy atom. The Hall–Kier alpha value is -0.400. The summed E-state index contributed by atoms with van der Waals surface area (Å²) in [7, 11) is -1.72. The molecular formula is C14H21Cl2FN2O2S. The lowest BCUT2D eigenvalue weighted by Crippen LogP contribution is -2.39. The lowest BCUT2D eigenvalue weighted by atomic mass is 9.95. The summed E-state index contributed by atoms with van der Waals surface area (Å²) in [6.45, 7) is 1.93. The highest BCUT2D eigenvalue weighted by molar-refractivity contribution is 7.89. The lowest BCUT2D eigenvalue weighted by Gasteiger charge is -2.31. The van der Waals surface area contributed by atoms with Crippen molar-refractivity contribution in [3.8, 4) is 0 Å². The Morgan fingerprint density at radius 1 is 1.36 bits per heavy atom. The number of nitrogens with one attached hydrogen (secondary N) is 1. The Morgan fingerprint density at radius 3 is 2.55 bits per heavy atom. The van der Waals surface area contributed by atoms with Crippen molar-refractivity contribution in [1.29, 1.82) is 0 Å². The van der Waals surface area contributed by atoms with Crippen molar-refractivity contribution in [3.63, 3.8) is 0 Å². The van der Waals surface area contributed by atoms with Crippen LogP contribution >= 0.6 is 24.0 Å². The van der Waals surface area contributed by atoms with Crippen LogP contribution in [-0.2, 0) is 10.0 Å². The van der Waals surface area contributed by atoms with Crippen molar-refractivity contribution in [3.05, 3.63) is 29.0 Å². The van der Waals surface area contributed by atoms with Gasteiger partial charge in [-0.1, -0.05) is 11.6 Å². The molecule has 1 N–H and O–H groups in total. The maximum Gasteiger partial charge on any atom is 0.244 e. The van der Waals surface area contributed by atoms with Gasteiger partial charge in [-0.15, -0.1) is 12.4 Å². The van der Waals surface area contributed by atoms with Gasteiger partial charge in [0.2, 0.25) is 10.0 Å². The van der Waals surface area contributed by atoms with Crippen molar-refractivity contribution in [2.24, 2.45) is 5.92 Å². The Labute approximate surface area is 142 Å². The number of hydrogen-bond donors (Lipinski definition) is 1. The van der Waals surface area contributed by atoms with E-state index in [1.165, 1.54) is 10.4 Å². The second-order valence-corrected chi connectivity index (χ2v) is 7.63. The van der Waals surface area contributed by atoms with E-state index in [9.17, 15) is 12.8 Å². The summed E-state index contributed by atoms with van der Waals surface area (Å²) >= 11 is 5.88. The summed E-state index contributed by atoms with van der Waals surface area (Å²) in [5, 5.41) is 3.05. The normalized spacial score (nSPS) is 17.2. The Bertz CT molecular complexity index is 591. The van der Waals surface area contributed by atoms with Gasteiger partial charge >= 0.3 is 0 Å². The van der Waals surface area contributed by atoms with Crippen LogP contribution in [0.1, 0.15) is 19.3 Å². The van der Waals surface area contributed by atoms with Gasteiger partial charge in [0.15, 0.2) is 0 Å². The van der Waals surface area contributed by atoms with Gasteiger partial charge < -0.3 is 5.32 Å². The van der Waals surface area contributed by atoms with Crippen LogP contribution in [0.2, 0.25) is 5.02 Å². The minimum atomic E-state index is -3.63. The molecule has 4 nitrogen and oxygen atoms in total. The predicted molar refractivity (Wildman–Crippen MR) is 88.7 cm³/mol. The second-order valence-electron chi connectivity index (χ2n) is 5.31. The third-order valence-corrected chi connectivity index (χ3v) is 6.27. The molecule has 126 valence electrons. The monoisotopic (exact) mass is 370 g/mol. The first-order valence-electron chi connectivity index (χ1n) is 7.05. The van der Waals surface area contributed by atoms with Crippen LogP contribution in [0.4, 0.5) is 4.39 Å². The molecule has 1 aliphatic heterocycles. The number of hydrogen-bond acceptors (Lipinski definition) is 3. The van der Waals surface area contributed by atoms with Gasteiger partial charge in [0.1, 0.15) is 10.7 Å². The van der Waals surface area contributed by atoms with Crippen molar-refractivity contribution in [2.75, 3.05) is 26.7 Å². The van der Waals surface area contributed by atoms with Gasteiger partial charge in [0, 0.05) is 13.1 Å². The number of nitrogens with zero attached hydrogens (tertiary/aromatic N) is 1.